The Morgan fingerprint density at radius 1 is 1.15 bits per heavy atom. The fourth-order valence-corrected chi connectivity index (χ4v) is 2.90. The van der Waals surface area contributed by atoms with Gasteiger partial charge in [-0.05, 0) is 42.7 Å². The third-order valence-electron chi connectivity index (χ3n) is 4.35. The largest absolute Gasteiger partial charge is 0.496 e. The summed E-state index contributed by atoms with van der Waals surface area (Å²) in [5, 5.41) is 3.42. The van der Waals surface area contributed by atoms with Gasteiger partial charge in [0, 0.05) is 37.1 Å². The molecule has 0 aliphatic rings. The summed E-state index contributed by atoms with van der Waals surface area (Å²) in [6.07, 6.45) is 0.885. The number of amides is 2. The van der Waals surface area contributed by atoms with Gasteiger partial charge in [0.1, 0.15) is 5.75 Å². The second-order valence-corrected chi connectivity index (χ2v) is 6.74. The summed E-state index contributed by atoms with van der Waals surface area (Å²) in [5.74, 6) is 0.588. The first-order valence-corrected chi connectivity index (χ1v) is 9.22. The molecule has 2 aromatic rings. The van der Waals surface area contributed by atoms with Crippen LogP contribution in [-0.4, -0.2) is 36.9 Å². The number of hydrogen-bond donors (Lipinski definition) is 1. The standard InChI is InChI=1S/C21H25ClN2O3/c1-15-8-9-18(14-19(15)22)23-21(26)11-13-24(16(2)25)12-10-17-6-4-5-7-20(17)27-3/h4-9,14H,10-13H2,1-3H3,(H,23,26). The van der Waals surface area contributed by atoms with Crippen molar-refractivity contribution in [3.05, 3.63) is 58.6 Å². The number of methoxy groups -OCH3 is 1. The maximum Gasteiger partial charge on any atom is 0.226 e. The van der Waals surface area contributed by atoms with Crippen LogP contribution in [-0.2, 0) is 16.0 Å². The topological polar surface area (TPSA) is 58.6 Å². The van der Waals surface area contributed by atoms with Crippen LogP contribution in [0.15, 0.2) is 42.5 Å². The van der Waals surface area contributed by atoms with Crippen molar-refractivity contribution in [2.45, 2.75) is 26.7 Å². The summed E-state index contributed by atoms with van der Waals surface area (Å²) in [6, 6.07) is 13.1. The molecule has 0 aliphatic carbocycles. The number of nitrogens with zero attached hydrogens (tertiary/aromatic N) is 1. The van der Waals surface area contributed by atoms with Gasteiger partial charge in [-0.15, -0.1) is 0 Å². The zero-order valence-electron chi connectivity index (χ0n) is 15.9. The van der Waals surface area contributed by atoms with E-state index in [9.17, 15) is 9.59 Å². The Labute approximate surface area is 165 Å². The van der Waals surface area contributed by atoms with Crippen molar-refractivity contribution in [2.24, 2.45) is 0 Å². The van der Waals surface area contributed by atoms with Crippen molar-refractivity contribution in [2.75, 3.05) is 25.5 Å². The predicted molar refractivity (Wildman–Crippen MR) is 108 cm³/mol. The summed E-state index contributed by atoms with van der Waals surface area (Å²) < 4.78 is 5.34. The molecule has 1 N–H and O–H groups in total. The molecule has 0 unspecified atom stereocenters. The van der Waals surface area contributed by atoms with Gasteiger partial charge in [0.2, 0.25) is 11.8 Å². The van der Waals surface area contributed by atoms with Gasteiger partial charge in [-0.3, -0.25) is 9.59 Å². The highest BCUT2D eigenvalue weighted by Crippen LogP contribution is 2.20. The van der Waals surface area contributed by atoms with Gasteiger partial charge in [0.25, 0.3) is 0 Å². The smallest absolute Gasteiger partial charge is 0.226 e. The van der Waals surface area contributed by atoms with Gasteiger partial charge in [-0.25, -0.2) is 0 Å². The van der Waals surface area contributed by atoms with Crippen LogP contribution in [0.4, 0.5) is 5.69 Å². The minimum atomic E-state index is -0.154. The summed E-state index contributed by atoms with van der Waals surface area (Å²) in [7, 11) is 1.63. The van der Waals surface area contributed by atoms with Crippen molar-refractivity contribution in [3.63, 3.8) is 0 Å². The first-order chi connectivity index (χ1) is 12.9. The molecule has 0 heterocycles. The van der Waals surface area contributed by atoms with E-state index in [2.05, 4.69) is 5.32 Å². The number of benzene rings is 2. The molecular weight excluding hydrogens is 364 g/mol. The van der Waals surface area contributed by atoms with Crippen LogP contribution in [0.3, 0.4) is 0 Å². The number of carbonyl (C=O) groups excluding carboxylic acids is 2. The lowest BCUT2D eigenvalue weighted by Crippen LogP contribution is -2.33. The van der Waals surface area contributed by atoms with E-state index in [4.69, 9.17) is 16.3 Å². The Balaban J connectivity index is 1.89. The van der Waals surface area contributed by atoms with Gasteiger partial charge >= 0.3 is 0 Å². The number of para-hydroxylation sites is 1. The van der Waals surface area contributed by atoms with E-state index >= 15 is 0 Å². The molecule has 2 amide bonds. The lowest BCUT2D eigenvalue weighted by atomic mass is 10.1. The summed E-state index contributed by atoms with van der Waals surface area (Å²) in [6.45, 7) is 4.30. The van der Waals surface area contributed by atoms with Crippen molar-refractivity contribution in [1.29, 1.82) is 0 Å². The molecule has 0 saturated heterocycles. The molecule has 0 atom stereocenters. The number of hydrogen-bond acceptors (Lipinski definition) is 3. The van der Waals surface area contributed by atoms with Crippen LogP contribution in [0.2, 0.25) is 5.02 Å². The molecule has 144 valence electrons. The predicted octanol–water partition coefficient (Wildman–Crippen LogP) is 4.08. The van der Waals surface area contributed by atoms with Crippen LogP contribution in [0.1, 0.15) is 24.5 Å². The van der Waals surface area contributed by atoms with Crippen molar-refractivity contribution in [3.8, 4) is 5.75 Å². The molecule has 2 rings (SSSR count). The first-order valence-electron chi connectivity index (χ1n) is 8.84. The second kappa shape index (κ2) is 9.97. The summed E-state index contributed by atoms with van der Waals surface area (Å²) in [5.41, 5.74) is 2.64. The zero-order chi connectivity index (χ0) is 19.8. The zero-order valence-corrected chi connectivity index (χ0v) is 16.7. The molecule has 0 bridgehead atoms. The Kier molecular flexibility index (Phi) is 7.67. The van der Waals surface area contributed by atoms with Crippen molar-refractivity contribution < 1.29 is 14.3 Å². The van der Waals surface area contributed by atoms with Crippen LogP contribution in [0.5, 0.6) is 5.75 Å². The lowest BCUT2D eigenvalue weighted by molar-refractivity contribution is -0.129. The maximum atomic E-state index is 12.2. The molecule has 6 heteroatoms. The number of aryl methyl sites for hydroxylation is 1. The normalized spacial score (nSPS) is 10.4. The molecule has 0 saturated carbocycles. The van der Waals surface area contributed by atoms with Gasteiger partial charge in [0.15, 0.2) is 0 Å². The van der Waals surface area contributed by atoms with Crippen molar-refractivity contribution >= 4 is 29.1 Å². The highest BCUT2D eigenvalue weighted by Gasteiger charge is 2.13. The van der Waals surface area contributed by atoms with Crippen LogP contribution in [0, 0.1) is 6.92 Å². The van der Waals surface area contributed by atoms with Crippen molar-refractivity contribution in [1.82, 2.24) is 4.90 Å². The Morgan fingerprint density at radius 2 is 1.89 bits per heavy atom. The average Bonchev–Trinajstić information content (AvgIpc) is 2.64. The molecule has 0 spiro atoms. The third-order valence-corrected chi connectivity index (χ3v) is 4.76. The quantitative estimate of drug-likeness (QED) is 0.741. The van der Waals surface area contributed by atoms with Crippen LogP contribution < -0.4 is 10.1 Å². The fraction of sp³-hybridized carbons (Fsp3) is 0.333. The monoisotopic (exact) mass is 388 g/mol. The third kappa shape index (κ3) is 6.29. The highest BCUT2D eigenvalue weighted by atomic mass is 35.5. The van der Waals surface area contributed by atoms with Gasteiger partial charge in [-0.2, -0.15) is 0 Å². The van der Waals surface area contributed by atoms with Gasteiger partial charge in [0.05, 0.1) is 7.11 Å². The first kappa shape index (κ1) is 20.8. The van der Waals surface area contributed by atoms with Crippen LogP contribution >= 0.6 is 11.6 Å². The minimum Gasteiger partial charge on any atom is -0.496 e. The number of halogens is 1. The van der Waals surface area contributed by atoms with Gasteiger partial charge in [-0.1, -0.05) is 35.9 Å². The lowest BCUT2D eigenvalue weighted by Gasteiger charge is -2.21. The van der Waals surface area contributed by atoms with E-state index in [1.54, 1.807) is 18.1 Å². The molecule has 5 nitrogen and oxygen atoms in total. The molecule has 0 aliphatic heterocycles. The van der Waals surface area contributed by atoms with Crippen LogP contribution in [0.25, 0.3) is 0 Å². The molecule has 0 fully saturated rings. The molecule has 0 aromatic heterocycles. The molecular formula is C21H25ClN2O3. The fourth-order valence-electron chi connectivity index (χ4n) is 2.72. The van der Waals surface area contributed by atoms with E-state index in [-0.39, 0.29) is 18.2 Å². The Hall–Kier alpha value is -2.53. The van der Waals surface area contributed by atoms with E-state index in [0.717, 1.165) is 16.9 Å². The van der Waals surface area contributed by atoms with Gasteiger partial charge < -0.3 is 15.0 Å². The number of anilines is 1. The maximum absolute atomic E-state index is 12.2. The number of rotatable bonds is 8. The average molecular weight is 389 g/mol. The summed E-state index contributed by atoms with van der Waals surface area (Å²) in [4.78, 5) is 25.8. The van der Waals surface area contributed by atoms with E-state index in [0.29, 0.717) is 30.2 Å². The number of ether oxygens (including phenoxy) is 1. The Bertz CT molecular complexity index is 808. The second-order valence-electron chi connectivity index (χ2n) is 6.33. The number of carbonyl (C=O) groups is 2. The summed E-state index contributed by atoms with van der Waals surface area (Å²) >= 11 is 6.08. The number of nitrogens with one attached hydrogen (secondary N) is 1. The molecule has 2 aromatic carbocycles. The van der Waals surface area contributed by atoms with E-state index in [1.165, 1.54) is 6.92 Å². The minimum absolute atomic E-state index is 0.0592. The van der Waals surface area contributed by atoms with E-state index in [1.807, 2.05) is 43.3 Å². The SMILES string of the molecule is COc1ccccc1CCN(CCC(=O)Nc1ccc(C)c(Cl)c1)C(C)=O. The van der Waals surface area contributed by atoms with E-state index < -0.39 is 0 Å². The molecule has 27 heavy (non-hydrogen) atoms. The highest BCUT2D eigenvalue weighted by molar-refractivity contribution is 6.31. The molecule has 0 radical (unpaired) electrons. The Morgan fingerprint density at radius 3 is 2.56 bits per heavy atom.